The number of aromatic nitrogens is 2. The van der Waals surface area contributed by atoms with Crippen molar-refractivity contribution in [3.8, 4) is 0 Å². The van der Waals surface area contributed by atoms with Crippen LogP contribution in [-0.4, -0.2) is 35.3 Å². The SMILES string of the molecule is CNc1cc(NCCO)nc(C)n1. The van der Waals surface area contributed by atoms with Crippen molar-refractivity contribution in [1.29, 1.82) is 0 Å². The van der Waals surface area contributed by atoms with Crippen LogP contribution < -0.4 is 10.6 Å². The molecule has 0 spiro atoms. The molecule has 0 bridgehead atoms. The molecule has 0 aromatic carbocycles. The lowest BCUT2D eigenvalue weighted by molar-refractivity contribution is 0.311. The summed E-state index contributed by atoms with van der Waals surface area (Å²) in [4.78, 5) is 8.28. The van der Waals surface area contributed by atoms with Crippen molar-refractivity contribution in [3.05, 3.63) is 11.9 Å². The van der Waals surface area contributed by atoms with Crippen LogP contribution in [0.5, 0.6) is 0 Å². The maximum Gasteiger partial charge on any atom is 0.131 e. The van der Waals surface area contributed by atoms with Crippen LogP contribution in [0.15, 0.2) is 6.07 Å². The van der Waals surface area contributed by atoms with Crippen LogP contribution in [0.1, 0.15) is 5.82 Å². The van der Waals surface area contributed by atoms with E-state index in [0.29, 0.717) is 12.4 Å². The van der Waals surface area contributed by atoms with Gasteiger partial charge in [-0.05, 0) is 6.92 Å². The number of hydrogen-bond acceptors (Lipinski definition) is 5. The summed E-state index contributed by atoms with van der Waals surface area (Å²) < 4.78 is 0. The van der Waals surface area contributed by atoms with Crippen LogP contribution in [0.3, 0.4) is 0 Å². The van der Waals surface area contributed by atoms with E-state index in [1.165, 1.54) is 0 Å². The van der Waals surface area contributed by atoms with Crippen molar-refractivity contribution in [2.75, 3.05) is 30.8 Å². The molecule has 0 amide bonds. The molecule has 1 rings (SSSR count). The summed E-state index contributed by atoms with van der Waals surface area (Å²) >= 11 is 0. The fraction of sp³-hybridized carbons (Fsp3) is 0.500. The zero-order valence-electron chi connectivity index (χ0n) is 7.83. The van der Waals surface area contributed by atoms with Crippen LogP contribution >= 0.6 is 0 Å². The van der Waals surface area contributed by atoms with E-state index < -0.39 is 0 Å². The lowest BCUT2D eigenvalue weighted by Crippen LogP contribution is -2.08. The Kier molecular flexibility index (Phi) is 3.45. The zero-order chi connectivity index (χ0) is 9.68. The predicted octanol–water partition coefficient (Wildman–Crippen LogP) is 0.231. The predicted molar refractivity (Wildman–Crippen MR) is 51.9 cm³/mol. The fourth-order valence-electron chi connectivity index (χ4n) is 0.970. The first-order valence-electron chi connectivity index (χ1n) is 4.14. The van der Waals surface area contributed by atoms with Crippen LogP contribution in [0.25, 0.3) is 0 Å². The van der Waals surface area contributed by atoms with Gasteiger partial charge in [0.05, 0.1) is 6.61 Å². The summed E-state index contributed by atoms with van der Waals surface area (Å²) in [5.41, 5.74) is 0. The summed E-state index contributed by atoms with van der Waals surface area (Å²) in [6.07, 6.45) is 0. The number of aliphatic hydroxyl groups is 1. The highest BCUT2D eigenvalue weighted by atomic mass is 16.3. The first kappa shape index (κ1) is 9.73. The molecule has 0 aliphatic heterocycles. The van der Waals surface area contributed by atoms with E-state index in [4.69, 9.17) is 5.11 Å². The van der Waals surface area contributed by atoms with Crippen molar-refractivity contribution >= 4 is 11.6 Å². The topological polar surface area (TPSA) is 70.1 Å². The van der Waals surface area contributed by atoms with E-state index in [1.807, 2.05) is 6.92 Å². The summed E-state index contributed by atoms with van der Waals surface area (Å²) in [7, 11) is 1.80. The van der Waals surface area contributed by atoms with E-state index in [9.17, 15) is 0 Å². The van der Waals surface area contributed by atoms with E-state index in [1.54, 1.807) is 13.1 Å². The van der Waals surface area contributed by atoms with Crippen LogP contribution in [0.4, 0.5) is 11.6 Å². The van der Waals surface area contributed by atoms with Crippen LogP contribution in [0.2, 0.25) is 0 Å². The molecule has 1 aromatic rings. The maximum absolute atomic E-state index is 8.60. The number of aryl methyl sites for hydroxylation is 1. The molecule has 0 unspecified atom stereocenters. The van der Waals surface area contributed by atoms with Gasteiger partial charge in [0.25, 0.3) is 0 Å². The van der Waals surface area contributed by atoms with Crippen molar-refractivity contribution in [2.45, 2.75) is 6.92 Å². The van der Waals surface area contributed by atoms with Gasteiger partial charge in [0, 0.05) is 19.7 Å². The first-order valence-corrected chi connectivity index (χ1v) is 4.14. The van der Waals surface area contributed by atoms with Crippen molar-refractivity contribution in [2.24, 2.45) is 0 Å². The second-order valence-corrected chi connectivity index (χ2v) is 2.59. The minimum absolute atomic E-state index is 0.0952. The standard InChI is InChI=1S/C8H14N4O/c1-6-11-7(9-2)5-8(12-6)10-3-4-13/h5,13H,3-4H2,1-2H3,(H2,9,10,11,12). The zero-order valence-corrected chi connectivity index (χ0v) is 7.83. The molecule has 5 heteroatoms. The van der Waals surface area contributed by atoms with E-state index in [0.717, 1.165) is 11.6 Å². The van der Waals surface area contributed by atoms with Gasteiger partial charge in [-0.2, -0.15) is 0 Å². The molecule has 0 saturated heterocycles. The summed E-state index contributed by atoms with van der Waals surface area (Å²) in [6, 6.07) is 1.79. The fourth-order valence-corrected chi connectivity index (χ4v) is 0.970. The third-order valence-corrected chi connectivity index (χ3v) is 1.51. The van der Waals surface area contributed by atoms with Gasteiger partial charge >= 0.3 is 0 Å². The summed E-state index contributed by atoms with van der Waals surface area (Å²) in [5, 5.41) is 14.5. The van der Waals surface area contributed by atoms with E-state index in [-0.39, 0.29) is 6.61 Å². The van der Waals surface area contributed by atoms with Gasteiger partial charge in [0.15, 0.2) is 0 Å². The molecule has 13 heavy (non-hydrogen) atoms. The molecule has 1 heterocycles. The quantitative estimate of drug-likeness (QED) is 0.622. The molecular formula is C8H14N4O. The third kappa shape index (κ3) is 2.87. The minimum Gasteiger partial charge on any atom is -0.395 e. The van der Waals surface area contributed by atoms with Crippen molar-refractivity contribution in [1.82, 2.24) is 9.97 Å². The number of aliphatic hydroxyl groups excluding tert-OH is 1. The Bertz CT molecular complexity index is 277. The molecule has 0 radical (unpaired) electrons. The molecule has 1 aromatic heterocycles. The van der Waals surface area contributed by atoms with Gasteiger partial charge in [-0.15, -0.1) is 0 Å². The van der Waals surface area contributed by atoms with Gasteiger partial charge in [-0.3, -0.25) is 0 Å². The average molecular weight is 182 g/mol. The second kappa shape index (κ2) is 4.61. The van der Waals surface area contributed by atoms with Gasteiger partial charge < -0.3 is 15.7 Å². The van der Waals surface area contributed by atoms with E-state index >= 15 is 0 Å². The Hall–Kier alpha value is -1.36. The Balaban J connectivity index is 2.76. The molecule has 0 aliphatic rings. The minimum atomic E-state index is 0.0952. The third-order valence-electron chi connectivity index (χ3n) is 1.51. The Labute approximate surface area is 77.2 Å². The number of nitrogens with one attached hydrogen (secondary N) is 2. The van der Waals surface area contributed by atoms with Gasteiger partial charge in [0.1, 0.15) is 17.5 Å². The van der Waals surface area contributed by atoms with Crippen molar-refractivity contribution < 1.29 is 5.11 Å². The largest absolute Gasteiger partial charge is 0.395 e. The number of anilines is 2. The first-order chi connectivity index (χ1) is 6.26. The highest BCUT2D eigenvalue weighted by Crippen LogP contribution is 2.09. The molecule has 5 nitrogen and oxygen atoms in total. The van der Waals surface area contributed by atoms with Crippen LogP contribution in [0, 0.1) is 6.92 Å². The Morgan fingerprint density at radius 3 is 2.69 bits per heavy atom. The van der Waals surface area contributed by atoms with Gasteiger partial charge in [0.2, 0.25) is 0 Å². The molecule has 0 atom stereocenters. The monoisotopic (exact) mass is 182 g/mol. The lowest BCUT2D eigenvalue weighted by Gasteiger charge is -2.06. The molecule has 3 N–H and O–H groups in total. The Morgan fingerprint density at radius 1 is 1.38 bits per heavy atom. The number of rotatable bonds is 4. The summed E-state index contributed by atoms with van der Waals surface area (Å²) in [5.74, 6) is 2.20. The highest BCUT2D eigenvalue weighted by molar-refractivity contribution is 5.46. The molecule has 0 fully saturated rings. The van der Waals surface area contributed by atoms with Gasteiger partial charge in [-0.1, -0.05) is 0 Å². The van der Waals surface area contributed by atoms with Crippen LogP contribution in [-0.2, 0) is 0 Å². The van der Waals surface area contributed by atoms with Gasteiger partial charge in [-0.25, -0.2) is 9.97 Å². The number of hydrogen-bond donors (Lipinski definition) is 3. The van der Waals surface area contributed by atoms with Crippen molar-refractivity contribution in [3.63, 3.8) is 0 Å². The maximum atomic E-state index is 8.60. The molecule has 0 aliphatic carbocycles. The normalized spacial score (nSPS) is 9.77. The average Bonchev–Trinajstić information content (AvgIpc) is 2.14. The lowest BCUT2D eigenvalue weighted by atomic mass is 10.5. The molecular weight excluding hydrogens is 168 g/mol. The molecule has 0 saturated carbocycles. The second-order valence-electron chi connectivity index (χ2n) is 2.59. The smallest absolute Gasteiger partial charge is 0.131 e. The number of nitrogens with zero attached hydrogens (tertiary/aromatic N) is 2. The Morgan fingerprint density at radius 2 is 2.08 bits per heavy atom. The van der Waals surface area contributed by atoms with E-state index in [2.05, 4.69) is 20.6 Å². The summed E-state index contributed by atoms with van der Waals surface area (Å²) in [6.45, 7) is 2.42. The molecule has 72 valence electrons. The highest BCUT2D eigenvalue weighted by Gasteiger charge is 1.98.